The van der Waals surface area contributed by atoms with Gasteiger partial charge in [-0.15, -0.1) is 12.4 Å². The van der Waals surface area contributed by atoms with E-state index in [1.165, 1.54) is 11.0 Å². The Hall–Kier alpha value is -2.51. The molecule has 1 unspecified atom stereocenters. The van der Waals surface area contributed by atoms with Crippen LogP contribution >= 0.6 is 12.4 Å². The van der Waals surface area contributed by atoms with Gasteiger partial charge in [-0.1, -0.05) is 36.4 Å². The molecule has 1 atom stereocenters. The Morgan fingerprint density at radius 1 is 1.07 bits per heavy atom. The molecule has 2 amide bonds. The molecular formula is C19H22ClF2N3O2. The Morgan fingerprint density at radius 3 is 2.22 bits per heavy atom. The summed E-state index contributed by atoms with van der Waals surface area (Å²) >= 11 is 0. The van der Waals surface area contributed by atoms with Crippen molar-refractivity contribution in [2.45, 2.75) is 19.4 Å². The summed E-state index contributed by atoms with van der Waals surface area (Å²) in [6.07, 6.45) is 0.333. The van der Waals surface area contributed by atoms with Gasteiger partial charge in [-0.3, -0.25) is 9.59 Å². The van der Waals surface area contributed by atoms with Crippen molar-refractivity contribution in [3.63, 3.8) is 0 Å². The molecule has 0 aliphatic heterocycles. The maximum atomic E-state index is 13.6. The number of para-hydroxylation sites is 1. The summed E-state index contributed by atoms with van der Waals surface area (Å²) in [6.45, 7) is 1.60. The lowest BCUT2D eigenvalue weighted by Crippen LogP contribution is -2.47. The van der Waals surface area contributed by atoms with Crippen LogP contribution in [0.5, 0.6) is 0 Å². The SMILES string of the molecule is CCN(CC(=O)Nc1c(F)cccc1F)C(=O)C(N)Cc1ccccc1.Cl. The second kappa shape index (κ2) is 10.6. The number of anilines is 1. The van der Waals surface area contributed by atoms with Crippen LogP contribution in [0.3, 0.4) is 0 Å². The predicted molar refractivity (Wildman–Crippen MR) is 103 cm³/mol. The zero-order valence-corrected chi connectivity index (χ0v) is 15.6. The second-order valence-corrected chi connectivity index (χ2v) is 5.79. The lowest BCUT2D eigenvalue weighted by Gasteiger charge is -2.24. The van der Waals surface area contributed by atoms with Gasteiger partial charge in [-0.2, -0.15) is 0 Å². The fourth-order valence-corrected chi connectivity index (χ4v) is 2.50. The number of likely N-dealkylation sites (N-methyl/N-ethyl adjacent to an activating group) is 1. The summed E-state index contributed by atoms with van der Waals surface area (Å²) in [5, 5.41) is 2.16. The van der Waals surface area contributed by atoms with Gasteiger partial charge < -0.3 is 16.0 Å². The number of nitrogens with one attached hydrogen (secondary N) is 1. The molecule has 0 aromatic heterocycles. The van der Waals surface area contributed by atoms with Gasteiger partial charge in [0.1, 0.15) is 17.3 Å². The quantitative estimate of drug-likeness (QED) is 0.754. The van der Waals surface area contributed by atoms with Crippen LogP contribution in [0, 0.1) is 11.6 Å². The van der Waals surface area contributed by atoms with E-state index in [4.69, 9.17) is 5.73 Å². The zero-order valence-electron chi connectivity index (χ0n) is 14.8. The molecule has 0 aliphatic carbocycles. The number of carbonyl (C=O) groups excluding carboxylic acids is 2. The van der Waals surface area contributed by atoms with Crippen LogP contribution in [-0.2, 0) is 16.0 Å². The molecule has 0 heterocycles. The highest BCUT2D eigenvalue weighted by Crippen LogP contribution is 2.17. The molecule has 2 aromatic carbocycles. The van der Waals surface area contributed by atoms with Crippen molar-refractivity contribution in [2.24, 2.45) is 5.73 Å². The second-order valence-electron chi connectivity index (χ2n) is 5.79. The maximum Gasteiger partial charge on any atom is 0.244 e. The first-order valence-electron chi connectivity index (χ1n) is 8.24. The molecule has 0 aliphatic rings. The standard InChI is InChI=1S/C19H21F2N3O2.ClH/c1-2-24(19(26)16(22)11-13-7-4-3-5-8-13)12-17(25)23-18-14(20)9-6-10-15(18)21;/h3-10,16H,2,11-12,22H2,1H3,(H,23,25);1H. The van der Waals surface area contributed by atoms with E-state index in [-0.39, 0.29) is 25.5 Å². The first-order valence-corrected chi connectivity index (χ1v) is 8.24. The average Bonchev–Trinajstić information content (AvgIpc) is 2.63. The average molecular weight is 398 g/mol. The summed E-state index contributed by atoms with van der Waals surface area (Å²) in [5.41, 5.74) is 6.33. The maximum absolute atomic E-state index is 13.6. The van der Waals surface area contributed by atoms with Crippen molar-refractivity contribution in [1.29, 1.82) is 0 Å². The number of halogens is 3. The lowest BCUT2D eigenvalue weighted by molar-refractivity contribution is -0.135. The van der Waals surface area contributed by atoms with Crippen molar-refractivity contribution >= 4 is 29.9 Å². The van der Waals surface area contributed by atoms with Gasteiger partial charge in [-0.25, -0.2) is 8.78 Å². The minimum atomic E-state index is -0.881. The number of amides is 2. The normalized spacial score (nSPS) is 11.3. The summed E-state index contributed by atoms with van der Waals surface area (Å²) in [6, 6.07) is 11.7. The minimum absolute atomic E-state index is 0. The van der Waals surface area contributed by atoms with Gasteiger partial charge in [-0.05, 0) is 31.0 Å². The van der Waals surface area contributed by atoms with Crippen molar-refractivity contribution in [1.82, 2.24) is 4.90 Å². The topological polar surface area (TPSA) is 75.4 Å². The van der Waals surface area contributed by atoms with Gasteiger partial charge in [0.25, 0.3) is 0 Å². The molecule has 2 aromatic rings. The van der Waals surface area contributed by atoms with Crippen molar-refractivity contribution in [3.05, 3.63) is 65.7 Å². The van der Waals surface area contributed by atoms with Gasteiger partial charge >= 0.3 is 0 Å². The molecule has 0 saturated heterocycles. The van der Waals surface area contributed by atoms with E-state index in [9.17, 15) is 18.4 Å². The number of rotatable bonds is 7. The summed E-state index contributed by atoms with van der Waals surface area (Å²) in [5.74, 6) is -2.86. The largest absolute Gasteiger partial charge is 0.332 e. The molecule has 0 bridgehead atoms. The first kappa shape index (κ1) is 22.5. The van der Waals surface area contributed by atoms with Gasteiger partial charge in [0, 0.05) is 6.54 Å². The van der Waals surface area contributed by atoms with Crippen LogP contribution in [0.15, 0.2) is 48.5 Å². The summed E-state index contributed by atoms with van der Waals surface area (Å²) in [7, 11) is 0. The molecule has 0 saturated carbocycles. The molecule has 2 rings (SSSR count). The van der Waals surface area contributed by atoms with E-state index in [1.54, 1.807) is 6.92 Å². The number of hydrogen-bond acceptors (Lipinski definition) is 3. The van der Waals surface area contributed by atoms with Crippen LogP contribution < -0.4 is 11.1 Å². The fourth-order valence-electron chi connectivity index (χ4n) is 2.50. The van der Waals surface area contributed by atoms with E-state index in [0.717, 1.165) is 17.7 Å². The smallest absolute Gasteiger partial charge is 0.244 e. The Kier molecular flexibility index (Phi) is 8.84. The van der Waals surface area contributed by atoms with Crippen LogP contribution in [0.4, 0.5) is 14.5 Å². The number of carbonyl (C=O) groups is 2. The van der Waals surface area contributed by atoms with Crippen LogP contribution in [0.2, 0.25) is 0 Å². The summed E-state index contributed by atoms with van der Waals surface area (Å²) in [4.78, 5) is 25.8. The molecule has 146 valence electrons. The lowest BCUT2D eigenvalue weighted by atomic mass is 10.1. The molecule has 3 N–H and O–H groups in total. The van der Waals surface area contributed by atoms with E-state index in [0.29, 0.717) is 6.42 Å². The Morgan fingerprint density at radius 2 is 1.67 bits per heavy atom. The Bertz CT molecular complexity index is 755. The van der Waals surface area contributed by atoms with Gasteiger partial charge in [0.2, 0.25) is 11.8 Å². The molecule has 27 heavy (non-hydrogen) atoms. The molecule has 0 spiro atoms. The van der Waals surface area contributed by atoms with Crippen molar-refractivity contribution < 1.29 is 18.4 Å². The third-order valence-electron chi connectivity index (χ3n) is 3.87. The van der Waals surface area contributed by atoms with Crippen LogP contribution in [-0.4, -0.2) is 35.8 Å². The molecule has 8 heteroatoms. The molecule has 0 fully saturated rings. The Labute approximate surface area is 162 Å². The third kappa shape index (κ3) is 6.30. The predicted octanol–water partition coefficient (Wildman–Crippen LogP) is 2.74. The number of nitrogens with two attached hydrogens (primary N) is 1. The molecule has 5 nitrogen and oxygen atoms in total. The monoisotopic (exact) mass is 397 g/mol. The molecular weight excluding hydrogens is 376 g/mol. The Balaban J connectivity index is 0.00000364. The number of benzene rings is 2. The highest BCUT2D eigenvalue weighted by atomic mass is 35.5. The van der Waals surface area contributed by atoms with Crippen molar-refractivity contribution in [3.8, 4) is 0 Å². The molecule has 0 radical (unpaired) electrons. The van der Waals surface area contributed by atoms with E-state index >= 15 is 0 Å². The number of nitrogens with zero attached hydrogens (tertiary/aromatic N) is 1. The van der Waals surface area contributed by atoms with E-state index in [1.807, 2.05) is 30.3 Å². The van der Waals surface area contributed by atoms with Crippen molar-refractivity contribution in [2.75, 3.05) is 18.4 Å². The highest BCUT2D eigenvalue weighted by molar-refractivity contribution is 5.95. The van der Waals surface area contributed by atoms with Crippen LogP contribution in [0.1, 0.15) is 12.5 Å². The highest BCUT2D eigenvalue weighted by Gasteiger charge is 2.23. The van der Waals surface area contributed by atoms with Gasteiger partial charge in [0.15, 0.2) is 0 Å². The summed E-state index contributed by atoms with van der Waals surface area (Å²) < 4.78 is 27.2. The minimum Gasteiger partial charge on any atom is -0.332 e. The first-order chi connectivity index (χ1) is 12.4. The fraction of sp³-hybridized carbons (Fsp3) is 0.263. The number of hydrogen-bond donors (Lipinski definition) is 2. The van der Waals surface area contributed by atoms with E-state index < -0.39 is 35.2 Å². The van der Waals surface area contributed by atoms with E-state index in [2.05, 4.69) is 5.32 Å². The third-order valence-corrected chi connectivity index (χ3v) is 3.87. The van der Waals surface area contributed by atoms with Crippen LogP contribution in [0.25, 0.3) is 0 Å². The zero-order chi connectivity index (χ0) is 19.1. The van der Waals surface area contributed by atoms with Gasteiger partial charge in [0.05, 0.1) is 12.6 Å².